The van der Waals surface area contributed by atoms with Gasteiger partial charge in [0.05, 0.1) is 17.3 Å². The molecule has 0 aliphatic carbocycles. The van der Waals surface area contributed by atoms with Crippen molar-refractivity contribution in [2.75, 3.05) is 6.54 Å². The highest BCUT2D eigenvalue weighted by Gasteiger charge is 2.35. The summed E-state index contributed by atoms with van der Waals surface area (Å²) < 4.78 is 5.00. The summed E-state index contributed by atoms with van der Waals surface area (Å²) in [6.07, 6.45) is 3.12. The van der Waals surface area contributed by atoms with E-state index in [4.69, 9.17) is 16.1 Å². The van der Waals surface area contributed by atoms with E-state index in [2.05, 4.69) is 20.1 Å². The molecule has 1 amide bonds. The van der Waals surface area contributed by atoms with Crippen LogP contribution in [0.15, 0.2) is 10.7 Å². The third kappa shape index (κ3) is 2.61. The summed E-state index contributed by atoms with van der Waals surface area (Å²) >= 11 is 6.05. The van der Waals surface area contributed by atoms with Crippen LogP contribution in [0.5, 0.6) is 0 Å². The number of amides is 1. The summed E-state index contributed by atoms with van der Waals surface area (Å²) in [4.78, 5) is 26.7. The van der Waals surface area contributed by atoms with Crippen LogP contribution in [-0.4, -0.2) is 37.5 Å². The molecule has 8 heteroatoms. The lowest BCUT2D eigenvalue weighted by atomic mass is 10.2. The van der Waals surface area contributed by atoms with E-state index in [9.17, 15) is 4.79 Å². The molecule has 0 aromatic carbocycles. The summed E-state index contributed by atoms with van der Waals surface area (Å²) in [5, 5.41) is 4.17. The first-order valence-corrected chi connectivity index (χ1v) is 7.04. The lowest BCUT2D eigenvalue weighted by Crippen LogP contribution is -2.32. The summed E-state index contributed by atoms with van der Waals surface area (Å²) in [5.74, 6) is 1.30. The van der Waals surface area contributed by atoms with E-state index in [0.717, 1.165) is 12.8 Å². The van der Waals surface area contributed by atoms with Gasteiger partial charge in [0, 0.05) is 13.5 Å². The van der Waals surface area contributed by atoms with Crippen molar-refractivity contribution in [3.05, 3.63) is 34.5 Å². The third-order valence-electron chi connectivity index (χ3n) is 3.42. The van der Waals surface area contributed by atoms with Gasteiger partial charge < -0.3 is 9.42 Å². The van der Waals surface area contributed by atoms with Crippen LogP contribution in [-0.2, 0) is 0 Å². The summed E-state index contributed by atoms with van der Waals surface area (Å²) in [6, 6.07) is -0.193. The van der Waals surface area contributed by atoms with Crippen LogP contribution in [0.2, 0.25) is 5.02 Å². The van der Waals surface area contributed by atoms with E-state index >= 15 is 0 Å². The molecule has 2 aromatic heterocycles. The first kappa shape index (κ1) is 13.9. The zero-order valence-electron chi connectivity index (χ0n) is 11.7. The van der Waals surface area contributed by atoms with Crippen molar-refractivity contribution in [2.24, 2.45) is 0 Å². The number of hydrogen-bond acceptors (Lipinski definition) is 6. The van der Waals surface area contributed by atoms with Gasteiger partial charge in [-0.2, -0.15) is 4.98 Å². The molecule has 0 N–H and O–H groups in total. The molecule has 0 saturated carbocycles. The van der Waals surface area contributed by atoms with Crippen LogP contribution in [0.1, 0.15) is 46.9 Å². The maximum Gasteiger partial charge on any atom is 0.274 e. The fraction of sp³-hybridized carbons (Fsp3) is 0.462. The van der Waals surface area contributed by atoms with Gasteiger partial charge in [-0.15, -0.1) is 0 Å². The minimum atomic E-state index is -0.226. The molecule has 2 aromatic rings. The Balaban J connectivity index is 1.91. The molecular formula is C13H14ClN5O2. The molecule has 0 spiro atoms. The number of aryl methyl sites for hydroxylation is 2. The molecule has 1 aliphatic rings. The van der Waals surface area contributed by atoms with E-state index in [1.807, 2.05) is 0 Å². The number of aromatic nitrogens is 4. The highest BCUT2D eigenvalue weighted by Crippen LogP contribution is 2.32. The van der Waals surface area contributed by atoms with E-state index in [0.29, 0.717) is 24.1 Å². The van der Waals surface area contributed by atoms with Gasteiger partial charge in [0.15, 0.2) is 11.5 Å². The number of carbonyl (C=O) groups is 1. The average Bonchev–Trinajstić information content (AvgIpc) is 3.09. The normalized spacial score (nSPS) is 18.2. The van der Waals surface area contributed by atoms with E-state index in [1.54, 1.807) is 18.7 Å². The Morgan fingerprint density at radius 1 is 1.43 bits per heavy atom. The fourth-order valence-electron chi connectivity index (χ4n) is 2.47. The van der Waals surface area contributed by atoms with Crippen molar-refractivity contribution in [3.63, 3.8) is 0 Å². The molecule has 110 valence electrons. The lowest BCUT2D eigenvalue weighted by Gasteiger charge is -2.22. The minimum Gasteiger partial charge on any atom is -0.340 e. The second kappa shape index (κ2) is 5.40. The summed E-state index contributed by atoms with van der Waals surface area (Å²) in [5.41, 5.74) is 0.219. The summed E-state index contributed by atoms with van der Waals surface area (Å²) in [6.45, 7) is 4.07. The Morgan fingerprint density at radius 3 is 2.95 bits per heavy atom. The molecular weight excluding hydrogens is 294 g/mol. The van der Waals surface area contributed by atoms with Gasteiger partial charge in [-0.1, -0.05) is 16.8 Å². The van der Waals surface area contributed by atoms with E-state index < -0.39 is 0 Å². The maximum absolute atomic E-state index is 12.7. The second-order valence-electron chi connectivity index (χ2n) is 4.94. The number of halogens is 1. The van der Waals surface area contributed by atoms with Crippen molar-refractivity contribution >= 4 is 17.5 Å². The quantitative estimate of drug-likeness (QED) is 0.844. The third-order valence-corrected chi connectivity index (χ3v) is 3.70. The molecule has 1 atom stereocenters. The Labute approximate surface area is 126 Å². The van der Waals surface area contributed by atoms with E-state index in [1.165, 1.54) is 6.20 Å². The molecule has 0 radical (unpaired) electrons. The Morgan fingerprint density at radius 2 is 2.24 bits per heavy atom. The topological polar surface area (TPSA) is 85.0 Å². The number of carbonyl (C=O) groups excluding carboxylic acids is 1. The Hall–Kier alpha value is -2.02. The molecule has 1 fully saturated rings. The molecule has 0 bridgehead atoms. The average molecular weight is 308 g/mol. The molecule has 7 nitrogen and oxygen atoms in total. The molecule has 21 heavy (non-hydrogen) atoms. The van der Waals surface area contributed by atoms with Crippen LogP contribution >= 0.6 is 11.6 Å². The van der Waals surface area contributed by atoms with Crippen LogP contribution < -0.4 is 0 Å². The van der Waals surface area contributed by atoms with Crippen molar-refractivity contribution in [2.45, 2.75) is 32.7 Å². The standard InChI is InChI=1S/C13H14ClN5O2/c1-7-15-6-9(14)11(16-7)13(20)19-5-3-4-10(19)12-17-8(2)21-18-12/h6,10H,3-5H2,1-2H3/t10-/m1/s1. The number of likely N-dealkylation sites (tertiary alicyclic amines) is 1. The smallest absolute Gasteiger partial charge is 0.274 e. The van der Waals surface area contributed by atoms with Gasteiger partial charge in [-0.05, 0) is 19.8 Å². The van der Waals surface area contributed by atoms with Gasteiger partial charge in [0.1, 0.15) is 5.82 Å². The first-order valence-electron chi connectivity index (χ1n) is 6.66. The van der Waals surface area contributed by atoms with Gasteiger partial charge in [-0.25, -0.2) is 9.97 Å². The first-order chi connectivity index (χ1) is 10.1. The fourth-order valence-corrected chi connectivity index (χ4v) is 2.64. The SMILES string of the molecule is Cc1ncc(Cl)c(C(=O)N2CCC[C@@H]2c2noc(C)n2)n1. The predicted octanol–water partition coefficient (Wildman–Crippen LogP) is 2.11. The van der Waals surface area contributed by atoms with Crippen LogP contribution in [0.25, 0.3) is 0 Å². The molecule has 3 heterocycles. The van der Waals surface area contributed by atoms with Crippen molar-refractivity contribution in [3.8, 4) is 0 Å². The van der Waals surface area contributed by atoms with Crippen molar-refractivity contribution < 1.29 is 9.32 Å². The predicted molar refractivity (Wildman–Crippen MR) is 73.8 cm³/mol. The highest BCUT2D eigenvalue weighted by molar-refractivity contribution is 6.33. The second-order valence-corrected chi connectivity index (χ2v) is 5.35. The molecule has 0 unspecified atom stereocenters. The molecule has 1 saturated heterocycles. The zero-order valence-corrected chi connectivity index (χ0v) is 12.5. The Kier molecular flexibility index (Phi) is 3.59. The van der Waals surface area contributed by atoms with Crippen molar-refractivity contribution in [1.29, 1.82) is 0 Å². The zero-order chi connectivity index (χ0) is 15.0. The molecule has 3 rings (SSSR count). The molecule has 1 aliphatic heterocycles. The highest BCUT2D eigenvalue weighted by atomic mass is 35.5. The van der Waals surface area contributed by atoms with Crippen LogP contribution in [0.4, 0.5) is 0 Å². The van der Waals surface area contributed by atoms with E-state index in [-0.39, 0.29) is 22.7 Å². The van der Waals surface area contributed by atoms with Gasteiger partial charge in [-0.3, -0.25) is 4.79 Å². The van der Waals surface area contributed by atoms with Gasteiger partial charge in [0.25, 0.3) is 5.91 Å². The van der Waals surface area contributed by atoms with Crippen LogP contribution in [0, 0.1) is 13.8 Å². The summed E-state index contributed by atoms with van der Waals surface area (Å²) in [7, 11) is 0. The number of rotatable bonds is 2. The van der Waals surface area contributed by atoms with Crippen LogP contribution in [0.3, 0.4) is 0 Å². The monoisotopic (exact) mass is 307 g/mol. The van der Waals surface area contributed by atoms with Crippen molar-refractivity contribution in [1.82, 2.24) is 25.0 Å². The lowest BCUT2D eigenvalue weighted by molar-refractivity contribution is 0.0722. The largest absolute Gasteiger partial charge is 0.340 e. The number of hydrogen-bond donors (Lipinski definition) is 0. The van der Waals surface area contributed by atoms with Gasteiger partial charge in [0.2, 0.25) is 5.89 Å². The Bertz CT molecular complexity index is 687. The minimum absolute atomic E-state index is 0.193. The number of nitrogens with zero attached hydrogens (tertiary/aromatic N) is 5. The van der Waals surface area contributed by atoms with Gasteiger partial charge >= 0.3 is 0 Å². The maximum atomic E-state index is 12.7.